The quantitative estimate of drug-likeness (QED) is 0.851. The lowest BCUT2D eigenvalue weighted by Gasteiger charge is -2.12. The maximum absolute atomic E-state index is 10.1. The van der Waals surface area contributed by atoms with Crippen molar-refractivity contribution < 1.29 is 5.11 Å². The average Bonchev–Trinajstić information content (AvgIpc) is 2.79. The van der Waals surface area contributed by atoms with Gasteiger partial charge in [0.15, 0.2) is 0 Å². The zero-order valence-electron chi connectivity index (χ0n) is 9.39. The van der Waals surface area contributed by atoms with Gasteiger partial charge in [0.1, 0.15) is 0 Å². The zero-order chi connectivity index (χ0) is 11.4. The monoisotopic (exact) mass is 232 g/mol. The van der Waals surface area contributed by atoms with Crippen molar-refractivity contribution in [1.82, 2.24) is 0 Å². The Balaban J connectivity index is 1.98. The number of benzene rings is 1. The fourth-order valence-electron chi connectivity index (χ4n) is 1.85. The van der Waals surface area contributed by atoms with Crippen molar-refractivity contribution in [1.29, 1.82) is 0 Å². The Bertz CT molecular complexity index is 434. The maximum Gasteiger partial charge on any atom is 0.0796 e. The van der Waals surface area contributed by atoms with E-state index in [-0.39, 0.29) is 6.10 Å². The van der Waals surface area contributed by atoms with Crippen molar-refractivity contribution in [3.8, 4) is 0 Å². The highest BCUT2D eigenvalue weighted by Crippen LogP contribution is 2.23. The van der Waals surface area contributed by atoms with E-state index in [0.29, 0.717) is 0 Å². The maximum atomic E-state index is 10.1. The van der Waals surface area contributed by atoms with Gasteiger partial charge in [0.2, 0.25) is 0 Å². The molecule has 0 saturated carbocycles. The molecular weight excluding hydrogens is 216 g/mol. The SMILES string of the molecule is Cc1ccccc1C(O)CCc1cccs1. The van der Waals surface area contributed by atoms with Gasteiger partial charge in [-0.25, -0.2) is 0 Å². The summed E-state index contributed by atoms with van der Waals surface area (Å²) in [6.07, 6.45) is 1.40. The molecule has 84 valence electrons. The summed E-state index contributed by atoms with van der Waals surface area (Å²) >= 11 is 1.75. The molecule has 0 spiro atoms. The number of thiophene rings is 1. The first-order valence-electron chi connectivity index (χ1n) is 5.53. The second-order valence-corrected chi connectivity index (χ2v) is 5.02. The van der Waals surface area contributed by atoms with E-state index in [1.165, 1.54) is 10.4 Å². The van der Waals surface area contributed by atoms with Crippen LogP contribution in [-0.2, 0) is 6.42 Å². The minimum Gasteiger partial charge on any atom is -0.388 e. The molecule has 0 aliphatic rings. The van der Waals surface area contributed by atoms with Gasteiger partial charge in [-0.15, -0.1) is 11.3 Å². The van der Waals surface area contributed by atoms with E-state index in [9.17, 15) is 5.11 Å². The highest BCUT2D eigenvalue weighted by atomic mass is 32.1. The van der Waals surface area contributed by atoms with E-state index in [2.05, 4.69) is 17.5 Å². The molecule has 16 heavy (non-hydrogen) atoms. The third-order valence-electron chi connectivity index (χ3n) is 2.79. The zero-order valence-corrected chi connectivity index (χ0v) is 10.2. The Labute approximate surface area is 100 Å². The van der Waals surface area contributed by atoms with Crippen molar-refractivity contribution in [3.05, 3.63) is 57.8 Å². The predicted molar refractivity (Wildman–Crippen MR) is 68.8 cm³/mol. The van der Waals surface area contributed by atoms with Gasteiger partial charge >= 0.3 is 0 Å². The van der Waals surface area contributed by atoms with Gasteiger partial charge in [-0.2, -0.15) is 0 Å². The molecule has 1 N–H and O–H groups in total. The Morgan fingerprint density at radius 1 is 1.19 bits per heavy atom. The predicted octanol–water partition coefficient (Wildman–Crippen LogP) is 3.72. The average molecular weight is 232 g/mol. The summed E-state index contributed by atoms with van der Waals surface area (Å²) in [6, 6.07) is 12.2. The number of hydrogen-bond acceptors (Lipinski definition) is 2. The molecule has 1 heterocycles. The highest BCUT2D eigenvalue weighted by Gasteiger charge is 2.09. The number of aliphatic hydroxyl groups excluding tert-OH is 1. The van der Waals surface area contributed by atoms with E-state index in [4.69, 9.17) is 0 Å². The highest BCUT2D eigenvalue weighted by molar-refractivity contribution is 7.09. The summed E-state index contributed by atoms with van der Waals surface area (Å²) < 4.78 is 0. The fourth-order valence-corrected chi connectivity index (χ4v) is 2.57. The van der Waals surface area contributed by atoms with Crippen LogP contribution in [0, 0.1) is 6.92 Å². The molecule has 0 saturated heterocycles. The molecule has 0 aliphatic carbocycles. The molecule has 0 bridgehead atoms. The van der Waals surface area contributed by atoms with Gasteiger partial charge in [0, 0.05) is 4.88 Å². The van der Waals surface area contributed by atoms with Crippen LogP contribution >= 0.6 is 11.3 Å². The first-order valence-corrected chi connectivity index (χ1v) is 6.41. The Hall–Kier alpha value is -1.12. The Morgan fingerprint density at radius 3 is 2.69 bits per heavy atom. The summed E-state index contributed by atoms with van der Waals surface area (Å²) in [4.78, 5) is 1.34. The van der Waals surface area contributed by atoms with Crippen LogP contribution in [0.4, 0.5) is 0 Å². The molecule has 1 aromatic heterocycles. The lowest BCUT2D eigenvalue weighted by atomic mass is 10.00. The minimum absolute atomic E-state index is 0.344. The lowest BCUT2D eigenvalue weighted by Crippen LogP contribution is -2.01. The van der Waals surface area contributed by atoms with Crippen LogP contribution in [-0.4, -0.2) is 5.11 Å². The topological polar surface area (TPSA) is 20.2 Å². The van der Waals surface area contributed by atoms with Crippen LogP contribution in [0.2, 0.25) is 0 Å². The van der Waals surface area contributed by atoms with Gasteiger partial charge < -0.3 is 5.11 Å². The summed E-state index contributed by atoms with van der Waals surface area (Å²) in [6.45, 7) is 2.05. The first-order chi connectivity index (χ1) is 7.77. The molecule has 0 radical (unpaired) electrons. The molecule has 2 heteroatoms. The molecule has 0 aliphatic heterocycles. The van der Waals surface area contributed by atoms with E-state index in [0.717, 1.165) is 18.4 Å². The van der Waals surface area contributed by atoms with Crippen LogP contribution in [0.15, 0.2) is 41.8 Å². The molecule has 1 atom stereocenters. The molecule has 0 fully saturated rings. The Kier molecular flexibility index (Phi) is 3.75. The summed E-state index contributed by atoms with van der Waals surface area (Å²) in [5.74, 6) is 0. The second kappa shape index (κ2) is 5.28. The van der Waals surface area contributed by atoms with Gasteiger partial charge in [0.05, 0.1) is 6.10 Å². The van der Waals surface area contributed by atoms with E-state index in [1.807, 2.05) is 31.2 Å². The van der Waals surface area contributed by atoms with Crippen LogP contribution in [0.5, 0.6) is 0 Å². The van der Waals surface area contributed by atoms with E-state index >= 15 is 0 Å². The van der Waals surface area contributed by atoms with Crippen LogP contribution < -0.4 is 0 Å². The van der Waals surface area contributed by atoms with Gasteiger partial charge in [-0.3, -0.25) is 0 Å². The molecule has 2 aromatic rings. The minimum atomic E-state index is -0.344. The summed E-state index contributed by atoms with van der Waals surface area (Å²) in [5, 5.41) is 12.2. The van der Waals surface area contributed by atoms with E-state index in [1.54, 1.807) is 11.3 Å². The third kappa shape index (κ3) is 2.71. The standard InChI is InChI=1S/C14H16OS/c1-11-5-2-3-7-13(11)14(15)9-8-12-6-4-10-16-12/h2-7,10,14-15H,8-9H2,1H3. The molecule has 1 aromatic carbocycles. The second-order valence-electron chi connectivity index (χ2n) is 3.99. The third-order valence-corrected chi connectivity index (χ3v) is 3.73. The lowest BCUT2D eigenvalue weighted by molar-refractivity contribution is 0.167. The number of aliphatic hydroxyl groups is 1. The summed E-state index contributed by atoms with van der Waals surface area (Å²) in [5.41, 5.74) is 2.22. The fraction of sp³-hybridized carbons (Fsp3) is 0.286. The number of rotatable bonds is 4. The van der Waals surface area contributed by atoms with Crippen molar-refractivity contribution in [2.75, 3.05) is 0 Å². The van der Waals surface area contributed by atoms with Crippen molar-refractivity contribution in [2.45, 2.75) is 25.9 Å². The molecule has 2 rings (SSSR count). The molecule has 1 unspecified atom stereocenters. The van der Waals surface area contributed by atoms with Gasteiger partial charge in [-0.05, 0) is 42.3 Å². The van der Waals surface area contributed by atoms with Crippen LogP contribution in [0.25, 0.3) is 0 Å². The molecule has 0 amide bonds. The van der Waals surface area contributed by atoms with Crippen LogP contribution in [0.3, 0.4) is 0 Å². The van der Waals surface area contributed by atoms with Crippen molar-refractivity contribution in [3.63, 3.8) is 0 Å². The van der Waals surface area contributed by atoms with Crippen molar-refractivity contribution >= 4 is 11.3 Å². The number of aryl methyl sites for hydroxylation is 2. The van der Waals surface area contributed by atoms with E-state index < -0.39 is 0 Å². The molecular formula is C14H16OS. The van der Waals surface area contributed by atoms with Crippen LogP contribution in [0.1, 0.15) is 28.5 Å². The molecule has 1 nitrogen and oxygen atoms in total. The van der Waals surface area contributed by atoms with Crippen molar-refractivity contribution in [2.24, 2.45) is 0 Å². The summed E-state index contributed by atoms with van der Waals surface area (Å²) in [7, 11) is 0. The van der Waals surface area contributed by atoms with Gasteiger partial charge in [-0.1, -0.05) is 30.3 Å². The first kappa shape index (κ1) is 11.4. The largest absolute Gasteiger partial charge is 0.388 e. The van der Waals surface area contributed by atoms with Gasteiger partial charge in [0.25, 0.3) is 0 Å². The normalized spacial score (nSPS) is 12.6. The Morgan fingerprint density at radius 2 is 2.00 bits per heavy atom. The smallest absolute Gasteiger partial charge is 0.0796 e. The number of hydrogen-bond donors (Lipinski definition) is 1.